The Bertz CT molecular complexity index is 1130. The Morgan fingerprint density at radius 3 is 2.46 bits per heavy atom. The topological polar surface area (TPSA) is 80.1 Å². The van der Waals surface area contributed by atoms with Crippen LogP contribution in [0.1, 0.15) is 41.4 Å². The second kappa shape index (κ2) is 11.5. The van der Waals surface area contributed by atoms with Crippen LogP contribution in [0, 0.1) is 5.92 Å². The molecule has 2 amide bonds. The van der Waals surface area contributed by atoms with Crippen molar-refractivity contribution in [2.24, 2.45) is 5.92 Å². The number of nitrogens with zero attached hydrogens (tertiary/aromatic N) is 2. The molecule has 35 heavy (non-hydrogen) atoms. The number of rotatable bonds is 8. The monoisotopic (exact) mass is 474 g/mol. The summed E-state index contributed by atoms with van der Waals surface area (Å²) in [6.45, 7) is 3.57. The van der Waals surface area contributed by atoms with Crippen LogP contribution in [0.2, 0.25) is 0 Å². The van der Waals surface area contributed by atoms with Crippen LogP contribution in [0.15, 0.2) is 77.4 Å². The highest BCUT2D eigenvalue weighted by molar-refractivity contribution is 6.04. The van der Waals surface area contributed by atoms with Crippen molar-refractivity contribution in [2.45, 2.75) is 32.7 Å². The third kappa shape index (κ3) is 6.18. The van der Waals surface area contributed by atoms with Crippen molar-refractivity contribution in [2.75, 3.05) is 24.6 Å². The van der Waals surface area contributed by atoms with E-state index in [-0.39, 0.29) is 35.9 Å². The molecule has 3 aromatic rings. The summed E-state index contributed by atoms with van der Waals surface area (Å²) in [5.74, 6) is -0.467. The standard InChI is InChI=1S/C28H30N2O5/c1-2-34-28(33)23-10-6-16-29(20-23)26(31)18-21-12-14-24(15-13-21)30(19-22-8-4-3-5-9-22)27(32)25-11-7-17-35-25/h3-5,7-9,11-15,17,23H,2,6,10,16,18-20H2,1H3/t23-/m0/s1. The number of furan rings is 1. The fourth-order valence-electron chi connectivity index (χ4n) is 4.32. The van der Waals surface area contributed by atoms with Crippen molar-refractivity contribution >= 4 is 23.5 Å². The quantitative estimate of drug-likeness (QED) is 0.450. The molecule has 0 saturated carbocycles. The molecule has 0 bridgehead atoms. The van der Waals surface area contributed by atoms with Crippen LogP contribution < -0.4 is 4.90 Å². The Balaban J connectivity index is 1.45. The maximum absolute atomic E-state index is 13.1. The van der Waals surface area contributed by atoms with E-state index in [9.17, 15) is 14.4 Å². The number of amides is 2. The molecule has 2 heterocycles. The lowest BCUT2D eigenvalue weighted by atomic mass is 9.97. The molecule has 182 valence electrons. The molecular weight excluding hydrogens is 444 g/mol. The highest BCUT2D eigenvalue weighted by Gasteiger charge is 2.29. The lowest BCUT2D eigenvalue weighted by Crippen LogP contribution is -2.43. The predicted molar refractivity (Wildman–Crippen MR) is 132 cm³/mol. The molecule has 1 atom stereocenters. The van der Waals surface area contributed by atoms with Gasteiger partial charge in [-0.15, -0.1) is 0 Å². The van der Waals surface area contributed by atoms with E-state index >= 15 is 0 Å². The predicted octanol–water partition coefficient (Wildman–Crippen LogP) is 4.47. The van der Waals surface area contributed by atoms with Crippen molar-refractivity contribution in [1.82, 2.24) is 4.90 Å². The van der Waals surface area contributed by atoms with E-state index in [1.807, 2.05) is 54.6 Å². The minimum atomic E-state index is -0.255. The second-order valence-electron chi connectivity index (χ2n) is 8.63. The molecule has 1 aliphatic rings. The average Bonchev–Trinajstić information content (AvgIpc) is 3.43. The van der Waals surface area contributed by atoms with Gasteiger partial charge in [0.15, 0.2) is 5.76 Å². The van der Waals surface area contributed by atoms with E-state index in [1.54, 1.807) is 28.9 Å². The molecule has 0 unspecified atom stereocenters. The lowest BCUT2D eigenvalue weighted by Gasteiger charge is -2.31. The summed E-state index contributed by atoms with van der Waals surface area (Å²) >= 11 is 0. The first-order valence-corrected chi connectivity index (χ1v) is 12.0. The first-order valence-electron chi connectivity index (χ1n) is 12.0. The van der Waals surface area contributed by atoms with Gasteiger partial charge in [0.25, 0.3) is 5.91 Å². The average molecular weight is 475 g/mol. The van der Waals surface area contributed by atoms with Crippen LogP contribution in [0.4, 0.5) is 5.69 Å². The van der Waals surface area contributed by atoms with Crippen LogP contribution >= 0.6 is 0 Å². The van der Waals surface area contributed by atoms with E-state index in [0.29, 0.717) is 31.9 Å². The fraction of sp³-hybridized carbons (Fsp3) is 0.321. The molecule has 2 aromatic carbocycles. The van der Waals surface area contributed by atoms with Crippen molar-refractivity contribution < 1.29 is 23.5 Å². The van der Waals surface area contributed by atoms with Crippen LogP contribution in [0.25, 0.3) is 0 Å². The maximum Gasteiger partial charge on any atom is 0.310 e. The molecule has 4 rings (SSSR count). The molecular formula is C28H30N2O5. The zero-order chi connectivity index (χ0) is 24.6. The number of hydrogen-bond acceptors (Lipinski definition) is 5. The second-order valence-corrected chi connectivity index (χ2v) is 8.63. The normalized spacial score (nSPS) is 15.5. The Labute approximate surface area is 205 Å². The zero-order valence-corrected chi connectivity index (χ0v) is 19.9. The highest BCUT2D eigenvalue weighted by Crippen LogP contribution is 2.23. The lowest BCUT2D eigenvalue weighted by molar-refractivity contribution is -0.151. The number of esters is 1. The highest BCUT2D eigenvalue weighted by atomic mass is 16.5. The third-order valence-electron chi connectivity index (χ3n) is 6.16. The van der Waals surface area contributed by atoms with Gasteiger partial charge >= 0.3 is 5.97 Å². The maximum atomic E-state index is 13.1. The number of anilines is 1. The van der Waals surface area contributed by atoms with Crippen molar-refractivity contribution in [3.05, 3.63) is 89.9 Å². The summed E-state index contributed by atoms with van der Waals surface area (Å²) in [7, 11) is 0. The summed E-state index contributed by atoms with van der Waals surface area (Å²) in [6.07, 6.45) is 3.26. The van der Waals surface area contributed by atoms with Crippen LogP contribution in [-0.4, -0.2) is 42.4 Å². The van der Waals surface area contributed by atoms with Crippen LogP contribution in [0.5, 0.6) is 0 Å². The van der Waals surface area contributed by atoms with Gasteiger partial charge in [0.05, 0.1) is 31.8 Å². The SMILES string of the molecule is CCOC(=O)[C@H]1CCCN(C(=O)Cc2ccc(N(Cc3ccccc3)C(=O)c3ccco3)cc2)C1. The Morgan fingerprint density at radius 2 is 1.77 bits per heavy atom. The number of likely N-dealkylation sites (tertiary alicyclic amines) is 1. The number of carbonyl (C=O) groups is 3. The number of hydrogen-bond donors (Lipinski definition) is 0. The number of carbonyl (C=O) groups excluding carboxylic acids is 3. The number of ether oxygens (including phenoxy) is 1. The minimum Gasteiger partial charge on any atom is -0.466 e. The van der Waals surface area contributed by atoms with Gasteiger partial charge in [0.2, 0.25) is 5.91 Å². The van der Waals surface area contributed by atoms with Gasteiger partial charge in [-0.1, -0.05) is 42.5 Å². The van der Waals surface area contributed by atoms with Crippen molar-refractivity contribution in [3.63, 3.8) is 0 Å². The van der Waals surface area contributed by atoms with Gasteiger partial charge in [0.1, 0.15) is 0 Å². The van der Waals surface area contributed by atoms with Gasteiger partial charge < -0.3 is 19.0 Å². The molecule has 0 radical (unpaired) electrons. The van der Waals surface area contributed by atoms with Gasteiger partial charge in [-0.2, -0.15) is 0 Å². The van der Waals surface area contributed by atoms with Crippen molar-refractivity contribution in [3.8, 4) is 0 Å². The summed E-state index contributed by atoms with van der Waals surface area (Å²) in [4.78, 5) is 41.6. The molecule has 0 aliphatic carbocycles. The van der Waals surface area contributed by atoms with E-state index in [4.69, 9.17) is 9.15 Å². The van der Waals surface area contributed by atoms with Gasteiger partial charge in [0, 0.05) is 18.8 Å². The largest absolute Gasteiger partial charge is 0.466 e. The zero-order valence-electron chi connectivity index (χ0n) is 19.9. The van der Waals surface area contributed by atoms with E-state index < -0.39 is 0 Å². The Morgan fingerprint density at radius 1 is 1.00 bits per heavy atom. The Hall–Kier alpha value is -3.87. The van der Waals surface area contributed by atoms with Crippen LogP contribution in [0.3, 0.4) is 0 Å². The smallest absolute Gasteiger partial charge is 0.310 e. The van der Waals surface area contributed by atoms with Crippen LogP contribution in [-0.2, 0) is 27.3 Å². The summed E-state index contributed by atoms with van der Waals surface area (Å²) < 4.78 is 10.5. The molecule has 1 aromatic heterocycles. The molecule has 0 spiro atoms. The van der Waals surface area contributed by atoms with Crippen molar-refractivity contribution in [1.29, 1.82) is 0 Å². The molecule has 0 N–H and O–H groups in total. The van der Waals surface area contributed by atoms with E-state index in [2.05, 4.69) is 0 Å². The van der Waals surface area contributed by atoms with E-state index in [1.165, 1.54) is 6.26 Å². The summed E-state index contributed by atoms with van der Waals surface area (Å²) in [6, 6.07) is 20.5. The molecule has 1 fully saturated rings. The molecule has 7 nitrogen and oxygen atoms in total. The fourth-order valence-corrected chi connectivity index (χ4v) is 4.32. The summed E-state index contributed by atoms with van der Waals surface area (Å²) in [5.41, 5.74) is 2.56. The molecule has 7 heteroatoms. The number of benzene rings is 2. The van der Waals surface area contributed by atoms with Gasteiger partial charge in [-0.3, -0.25) is 14.4 Å². The first kappa shape index (κ1) is 24.3. The first-order chi connectivity index (χ1) is 17.0. The molecule has 1 aliphatic heterocycles. The van der Waals surface area contributed by atoms with E-state index in [0.717, 1.165) is 24.0 Å². The van der Waals surface area contributed by atoms with Gasteiger partial charge in [-0.05, 0) is 55.2 Å². The Kier molecular flexibility index (Phi) is 7.98. The third-order valence-corrected chi connectivity index (χ3v) is 6.16. The number of piperidine rings is 1. The molecule has 1 saturated heterocycles. The summed E-state index contributed by atoms with van der Waals surface area (Å²) in [5, 5.41) is 0. The van der Waals surface area contributed by atoms with Gasteiger partial charge in [-0.25, -0.2) is 0 Å². The minimum absolute atomic E-state index is 0.0143.